The van der Waals surface area contributed by atoms with Crippen LogP contribution in [0.25, 0.3) is 0 Å². The second-order valence-corrected chi connectivity index (χ2v) is 1.82. The number of rotatable bonds is 0. The van der Waals surface area contributed by atoms with Crippen LogP contribution in [0.1, 0.15) is 5.56 Å². The number of hydrogen-bond acceptors (Lipinski definition) is 3. The van der Waals surface area contributed by atoms with Gasteiger partial charge in [0.25, 0.3) is 5.56 Å². The highest BCUT2D eigenvalue weighted by Gasteiger charge is 1.92. The summed E-state index contributed by atoms with van der Waals surface area (Å²) in [5.74, 6) is 0. The first kappa shape index (κ1) is 6.49. The van der Waals surface area contributed by atoms with E-state index in [0.29, 0.717) is 5.56 Å². The Balaban J connectivity index is 3.34. The minimum atomic E-state index is -0.265. The summed E-state index contributed by atoms with van der Waals surface area (Å²) in [6.45, 7) is 0. The van der Waals surface area contributed by atoms with Gasteiger partial charge >= 0.3 is 0 Å². The molecule has 0 spiro atoms. The molecular weight excluding hydrogens is 130 g/mol. The van der Waals surface area contributed by atoms with E-state index in [0.717, 1.165) is 0 Å². The second kappa shape index (κ2) is 2.31. The van der Waals surface area contributed by atoms with Crippen LogP contribution in [0.3, 0.4) is 0 Å². The number of hydrogen-bond donors (Lipinski definition) is 0. The number of nitrogens with zero attached hydrogens (tertiary/aromatic N) is 3. The average molecular weight is 135 g/mol. The lowest BCUT2D eigenvalue weighted by molar-refractivity contribution is 0.705. The molecule has 1 aromatic heterocycles. The molecule has 0 saturated heterocycles. The molecule has 0 aliphatic rings. The van der Waals surface area contributed by atoms with E-state index in [2.05, 4.69) is 5.10 Å². The number of aryl methyl sites for hydroxylation is 1. The largest absolute Gasteiger partial charge is 0.268 e. The van der Waals surface area contributed by atoms with Crippen LogP contribution in [0.5, 0.6) is 0 Å². The zero-order valence-corrected chi connectivity index (χ0v) is 5.40. The number of nitriles is 1. The molecule has 0 aliphatic heterocycles. The van der Waals surface area contributed by atoms with E-state index in [1.165, 1.54) is 24.0 Å². The van der Waals surface area contributed by atoms with Gasteiger partial charge < -0.3 is 0 Å². The van der Waals surface area contributed by atoms with Gasteiger partial charge in [0, 0.05) is 13.1 Å². The summed E-state index contributed by atoms with van der Waals surface area (Å²) in [6, 6.07) is 3.06. The fourth-order valence-corrected chi connectivity index (χ4v) is 0.531. The Morgan fingerprint density at radius 1 is 1.80 bits per heavy atom. The van der Waals surface area contributed by atoms with Crippen LogP contribution in [0.15, 0.2) is 17.1 Å². The highest BCUT2D eigenvalue weighted by molar-refractivity contribution is 5.22. The molecule has 1 aromatic rings. The summed E-state index contributed by atoms with van der Waals surface area (Å²) in [7, 11) is 1.53. The van der Waals surface area contributed by atoms with E-state index in [1.807, 2.05) is 6.07 Å². The predicted octanol–water partition coefficient (Wildman–Crippen LogP) is -0.348. The lowest BCUT2D eigenvalue weighted by atomic mass is 10.3. The number of aromatic nitrogens is 2. The maximum atomic E-state index is 10.7. The summed E-state index contributed by atoms with van der Waals surface area (Å²) < 4.78 is 1.17. The molecule has 50 valence electrons. The van der Waals surface area contributed by atoms with E-state index in [4.69, 9.17) is 5.26 Å². The van der Waals surface area contributed by atoms with E-state index in [9.17, 15) is 4.79 Å². The van der Waals surface area contributed by atoms with Gasteiger partial charge in [-0.25, -0.2) is 4.68 Å². The standard InChI is InChI=1S/C6H5N3O/c1-9-6(10)2-5(3-7)4-8-9/h2,4H,1H3. The molecule has 0 fully saturated rings. The topological polar surface area (TPSA) is 58.7 Å². The van der Waals surface area contributed by atoms with Crippen molar-refractivity contribution in [1.29, 1.82) is 5.26 Å². The molecule has 0 unspecified atom stereocenters. The summed E-state index contributed by atoms with van der Waals surface area (Å²) >= 11 is 0. The fourth-order valence-electron chi connectivity index (χ4n) is 0.531. The van der Waals surface area contributed by atoms with Gasteiger partial charge in [0.15, 0.2) is 0 Å². The smallest absolute Gasteiger partial charge is 0.267 e. The Kier molecular flexibility index (Phi) is 1.50. The zero-order valence-electron chi connectivity index (χ0n) is 5.40. The van der Waals surface area contributed by atoms with Crippen molar-refractivity contribution in [3.05, 3.63) is 28.2 Å². The molecular formula is C6H5N3O. The molecule has 0 saturated carbocycles. The van der Waals surface area contributed by atoms with Crippen LogP contribution < -0.4 is 5.56 Å². The maximum Gasteiger partial charge on any atom is 0.267 e. The van der Waals surface area contributed by atoms with Crippen molar-refractivity contribution >= 4 is 0 Å². The minimum absolute atomic E-state index is 0.265. The molecule has 1 rings (SSSR count). The molecule has 0 amide bonds. The van der Waals surface area contributed by atoms with E-state index in [1.54, 1.807) is 0 Å². The van der Waals surface area contributed by atoms with Crippen LogP contribution in [-0.2, 0) is 7.05 Å². The fraction of sp³-hybridized carbons (Fsp3) is 0.167. The third-order valence-electron chi connectivity index (χ3n) is 1.10. The molecule has 0 N–H and O–H groups in total. The lowest BCUT2D eigenvalue weighted by Crippen LogP contribution is -2.18. The van der Waals surface area contributed by atoms with Crippen LogP contribution in [0.4, 0.5) is 0 Å². The van der Waals surface area contributed by atoms with Crippen molar-refractivity contribution in [2.45, 2.75) is 0 Å². The zero-order chi connectivity index (χ0) is 7.56. The second-order valence-electron chi connectivity index (χ2n) is 1.82. The first-order chi connectivity index (χ1) is 4.74. The molecule has 0 aliphatic carbocycles. The monoisotopic (exact) mass is 135 g/mol. The highest BCUT2D eigenvalue weighted by atomic mass is 16.1. The molecule has 0 bridgehead atoms. The van der Waals surface area contributed by atoms with E-state index >= 15 is 0 Å². The SMILES string of the molecule is Cn1ncc(C#N)cc1=O. The van der Waals surface area contributed by atoms with Gasteiger partial charge in [-0.3, -0.25) is 4.79 Å². The Morgan fingerprint density at radius 3 is 3.00 bits per heavy atom. The summed E-state index contributed by atoms with van der Waals surface area (Å²) in [5.41, 5.74) is 0.0298. The molecule has 4 nitrogen and oxygen atoms in total. The van der Waals surface area contributed by atoms with Crippen molar-refractivity contribution in [2.75, 3.05) is 0 Å². The van der Waals surface area contributed by atoms with Gasteiger partial charge in [-0.1, -0.05) is 0 Å². The summed E-state index contributed by atoms with van der Waals surface area (Å²) in [4.78, 5) is 10.7. The third kappa shape index (κ3) is 1.03. The van der Waals surface area contributed by atoms with Crippen LogP contribution >= 0.6 is 0 Å². The molecule has 0 radical (unpaired) electrons. The Hall–Kier alpha value is -1.63. The van der Waals surface area contributed by atoms with Crippen molar-refractivity contribution < 1.29 is 0 Å². The first-order valence-corrected chi connectivity index (χ1v) is 2.67. The molecule has 1 heterocycles. The highest BCUT2D eigenvalue weighted by Crippen LogP contribution is 1.84. The Labute approximate surface area is 57.3 Å². The van der Waals surface area contributed by atoms with E-state index in [-0.39, 0.29) is 5.56 Å². The summed E-state index contributed by atoms with van der Waals surface area (Å²) in [5, 5.41) is 11.9. The normalized spacial score (nSPS) is 8.80. The average Bonchev–Trinajstić information content (AvgIpc) is 1.95. The van der Waals surface area contributed by atoms with Crippen molar-refractivity contribution in [2.24, 2.45) is 7.05 Å². The third-order valence-corrected chi connectivity index (χ3v) is 1.10. The molecule has 4 heteroatoms. The minimum Gasteiger partial charge on any atom is -0.268 e. The predicted molar refractivity (Wildman–Crippen MR) is 34.2 cm³/mol. The Morgan fingerprint density at radius 2 is 2.50 bits per heavy atom. The van der Waals surface area contributed by atoms with Crippen LogP contribution in [-0.4, -0.2) is 9.78 Å². The first-order valence-electron chi connectivity index (χ1n) is 2.67. The Bertz CT molecular complexity index is 334. The van der Waals surface area contributed by atoms with Crippen LogP contribution in [0.2, 0.25) is 0 Å². The van der Waals surface area contributed by atoms with Crippen molar-refractivity contribution in [1.82, 2.24) is 9.78 Å². The van der Waals surface area contributed by atoms with Gasteiger partial charge in [-0.2, -0.15) is 10.4 Å². The lowest BCUT2D eigenvalue weighted by Gasteiger charge is -1.91. The van der Waals surface area contributed by atoms with E-state index < -0.39 is 0 Å². The van der Waals surface area contributed by atoms with Gasteiger partial charge in [0.2, 0.25) is 0 Å². The van der Waals surface area contributed by atoms with Crippen molar-refractivity contribution in [3.8, 4) is 6.07 Å². The van der Waals surface area contributed by atoms with Crippen LogP contribution in [0, 0.1) is 11.3 Å². The molecule has 0 atom stereocenters. The molecule has 0 aromatic carbocycles. The van der Waals surface area contributed by atoms with Gasteiger partial charge in [0.05, 0.1) is 11.8 Å². The summed E-state index contributed by atoms with van der Waals surface area (Å²) in [6.07, 6.45) is 1.35. The van der Waals surface area contributed by atoms with Gasteiger partial charge in [-0.15, -0.1) is 0 Å². The van der Waals surface area contributed by atoms with Crippen molar-refractivity contribution in [3.63, 3.8) is 0 Å². The van der Waals surface area contributed by atoms with Gasteiger partial charge in [-0.05, 0) is 0 Å². The maximum absolute atomic E-state index is 10.7. The quantitative estimate of drug-likeness (QED) is 0.488. The molecule has 10 heavy (non-hydrogen) atoms. The van der Waals surface area contributed by atoms with Gasteiger partial charge in [0.1, 0.15) is 6.07 Å².